The molecule has 2 aromatic rings. The van der Waals surface area contributed by atoms with Crippen molar-refractivity contribution in [2.45, 2.75) is 33.2 Å². The van der Waals surface area contributed by atoms with Crippen molar-refractivity contribution in [1.29, 1.82) is 0 Å². The van der Waals surface area contributed by atoms with E-state index in [1.54, 1.807) is 0 Å². The molecule has 0 fully saturated rings. The van der Waals surface area contributed by atoms with Gasteiger partial charge in [0.05, 0.1) is 6.54 Å². The maximum Gasteiger partial charge on any atom is 0.142 e. The van der Waals surface area contributed by atoms with Crippen LogP contribution >= 0.6 is 0 Å². The third kappa shape index (κ3) is 4.08. The first kappa shape index (κ1) is 15.6. The number of hydrogen-bond acceptors (Lipinski definition) is 3. The molecule has 0 unspecified atom stereocenters. The van der Waals surface area contributed by atoms with E-state index in [1.807, 2.05) is 33.2 Å². The number of benzene rings is 1. The molecule has 21 heavy (non-hydrogen) atoms. The van der Waals surface area contributed by atoms with Crippen LogP contribution in [0.2, 0.25) is 0 Å². The average Bonchev–Trinajstić information content (AvgIpc) is 2.43. The van der Waals surface area contributed by atoms with Crippen molar-refractivity contribution in [1.82, 2.24) is 14.9 Å². The maximum atomic E-state index is 13.0. The molecule has 3 nitrogen and oxygen atoms in total. The number of halogens is 1. The smallest absolute Gasteiger partial charge is 0.142 e. The minimum Gasteiger partial charge on any atom is -0.302 e. The Morgan fingerprint density at radius 2 is 1.76 bits per heavy atom. The van der Waals surface area contributed by atoms with Crippen molar-refractivity contribution in [3.63, 3.8) is 0 Å². The lowest BCUT2D eigenvalue weighted by atomic mass is 10.0. The zero-order valence-electron chi connectivity index (χ0n) is 13.2. The summed E-state index contributed by atoms with van der Waals surface area (Å²) in [6.45, 7) is 4.87. The van der Waals surface area contributed by atoms with E-state index in [9.17, 15) is 4.39 Å². The molecule has 1 aromatic carbocycles. The zero-order valence-corrected chi connectivity index (χ0v) is 13.2. The molecule has 0 aliphatic rings. The highest BCUT2D eigenvalue weighted by atomic mass is 19.1. The van der Waals surface area contributed by atoms with Crippen molar-refractivity contribution in [3.8, 4) is 0 Å². The van der Waals surface area contributed by atoms with Gasteiger partial charge in [-0.2, -0.15) is 0 Å². The SMILES string of the molecule is CCc1nc(CN(C)C)nc(C)c1Cc1ccc(F)cc1. The number of nitrogens with zero attached hydrogens (tertiary/aromatic N) is 3. The Labute approximate surface area is 125 Å². The van der Waals surface area contributed by atoms with Gasteiger partial charge in [0.25, 0.3) is 0 Å². The third-order valence-electron chi connectivity index (χ3n) is 3.43. The molecular formula is C17H22FN3. The second kappa shape index (κ2) is 6.76. The Bertz CT molecular complexity index is 606. The molecule has 0 radical (unpaired) electrons. The summed E-state index contributed by atoms with van der Waals surface area (Å²) < 4.78 is 13.0. The van der Waals surface area contributed by atoms with Crippen LogP contribution in [-0.2, 0) is 19.4 Å². The van der Waals surface area contributed by atoms with Gasteiger partial charge in [-0.25, -0.2) is 14.4 Å². The summed E-state index contributed by atoms with van der Waals surface area (Å²) in [6, 6.07) is 6.64. The number of aryl methyl sites for hydroxylation is 2. The van der Waals surface area contributed by atoms with Gasteiger partial charge >= 0.3 is 0 Å². The van der Waals surface area contributed by atoms with Gasteiger partial charge < -0.3 is 4.90 Å². The second-order valence-electron chi connectivity index (χ2n) is 5.55. The average molecular weight is 287 g/mol. The summed E-state index contributed by atoms with van der Waals surface area (Å²) in [6.07, 6.45) is 1.62. The standard InChI is InChI=1S/C17H22FN3/c1-5-16-15(10-13-6-8-14(18)9-7-13)12(2)19-17(20-16)11-21(3)4/h6-9H,5,10-11H2,1-4H3. The fourth-order valence-corrected chi connectivity index (χ4v) is 2.40. The van der Waals surface area contributed by atoms with Crippen LogP contribution in [0.4, 0.5) is 4.39 Å². The summed E-state index contributed by atoms with van der Waals surface area (Å²) in [5.74, 6) is 0.654. The molecule has 0 saturated heterocycles. The number of hydrogen-bond donors (Lipinski definition) is 0. The molecule has 0 N–H and O–H groups in total. The van der Waals surface area contributed by atoms with E-state index in [0.29, 0.717) is 0 Å². The zero-order chi connectivity index (χ0) is 15.4. The molecular weight excluding hydrogens is 265 g/mol. The normalized spacial score (nSPS) is 11.1. The second-order valence-corrected chi connectivity index (χ2v) is 5.55. The molecule has 0 aliphatic heterocycles. The van der Waals surface area contributed by atoms with Gasteiger partial charge in [-0.05, 0) is 50.7 Å². The van der Waals surface area contributed by atoms with E-state index in [-0.39, 0.29) is 5.82 Å². The van der Waals surface area contributed by atoms with E-state index in [2.05, 4.69) is 21.8 Å². The largest absolute Gasteiger partial charge is 0.302 e. The van der Waals surface area contributed by atoms with Crippen molar-refractivity contribution in [2.24, 2.45) is 0 Å². The van der Waals surface area contributed by atoms with Crippen LogP contribution in [0.5, 0.6) is 0 Å². The lowest BCUT2D eigenvalue weighted by Gasteiger charge is -2.14. The molecule has 0 spiro atoms. The fourth-order valence-electron chi connectivity index (χ4n) is 2.40. The van der Waals surface area contributed by atoms with Crippen LogP contribution < -0.4 is 0 Å². The summed E-state index contributed by atoms with van der Waals surface area (Å²) in [5.41, 5.74) is 4.34. The topological polar surface area (TPSA) is 29.0 Å². The minimum absolute atomic E-state index is 0.205. The van der Waals surface area contributed by atoms with Crippen LogP contribution in [0, 0.1) is 12.7 Å². The predicted octanol–water partition coefficient (Wildman–Crippen LogP) is 3.14. The van der Waals surface area contributed by atoms with E-state index in [0.717, 1.165) is 47.7 Å². The number of rotatable bonds is 5. The van der Waals surface area contributed by atoms with Crippen LogP contribution in [0.15, 0.2) is 24.3 Å². The molecule has 0 bridgehead atoms. The van der Waals surface area contributed by atoms with Gasteiger partial charge in [0.1, 0.15) is 11.6 Å². The van der Waals surface area contributed by atoms with Crippen LogP contribution in [0.3, 0.4) is 0 Å². The van der Waals surface area contributed by atoms with Crippen molar-refractivity contribution >= 4 is 0 Å². The monoisotopic (exact) mass is 287 g/mol. The molecule has 0 amide bonds. The van der Waals surface area contributed by atoms with E-state index >= 15 is 0 Å². The van der Waals surface area contributed by atoms with Gasteiger partial charge in [0.15, 0.2) is 0 Å². The predicted molar refractivity (Wildman–Crippen MR) is 82.7 cm³/mol. The molecule has 4 heteroatoms. The lowest BCUT2D eigenvalue weighted by molar-refractivity contribution is 0.389. The van der Waals surface area contributed by atoms with Crippen molar-refractivity contribution < 1.29 is 4.39 Å². The first-order valence-electron chi connectivity index (χ1n) is 7.24. The molecule has 2 rings (SSSR count). The summed E-state index contributed by atoms with van der Waals surface area (Å²) in [4.78, 5) is 11.4. The Morgan fingerprint density at radius 3 is 2.33 bits per heavy atom. The quantitative estimate of drug-likeness (QED) is 0.846. The van der Waals surface area contributed by atoms with Gasteiger partial charge in [-0.15, -0.1) is 0 Å². The fraction of sp³-hybridized carbons (Fsp3) is 0.412. The maximum absolute atomic E-state index is 13.0. The van der Waals surface area contributed by atoms with Crippen LogP contribution in [-0.4, -0.2) is 29.0 Å². The number of aromatic nitrogens is 2. The van der Waals surface area contributed by atoms with Crippen LogP contribution in [0.25, 0.3) is 0 Å². The van der Waals surface area contributed by atoms with Gasteiger partial charge in [-0.1, -0.05) is 19.1 Å². The third-order valence-corrected chi connectivity index (χ3v) is 3.43. The first-order valence-corrected chi connectivity index (χ1v) is 7.24. The molecule has 1 heterocycles. The highest BCUT2D eigenvalue weighted by Gasteiger charge is 2.11. The Hall–Kier alpha value is -1.81. The van der Waals surface area contributed by atoms with Crippen LogP contribution in [0.1, 0.15) is 35.3 Å². The summed E-state index contributed by atoms with van der Waals surface area (Å²) in [5, 5.41) is 0. The van der Waals surface area contributed by atoms with Crippen molar-refractivity contribution in [2.75, 3.05) is 14.1 Å². The highest BCUT2D eigenvalue weighted by molar-refractivity contribution is 5.32. The van der Waals surface area contributed by atoms with Crippen molar-refractivity contribution in [3.05, 3.63) is 58.4 Å². The molecule has 0 saturated carbocycles. The van der Waals surface area contributed by atoms with E-state index < -0.39 is 0 Å². The Kier molecular flexibility index (Phi) is 5.02. The molecule has 112 valence electrons. The molecule has 1 aromatic heterocycles. The lowest BCUT2D eigenvalue weighted by Crippen LogP contribution is -2.16. The Morgan fingerprint density at radius 1 is 1.10 bits per heavy atom. The minimum atomic E-state index is -0.205. The van der Waals surface area contributed by atoms with Gasteiger partial charge in [0, 0.05) is 17.8 Å². The van der Waals surface area contributed by atoms with E-state index in [4.69, 9.17) is 0 Å². The molecule has 0 atom stereocenters. The van der Waals surface area contributed by atoms with Gasteiger partial charge in [0.2, 0.25) is 0 Å². The Balaban J connectivity index is 2.32. The van der Waals surface area contributed by atoms with Gasteiger partial charge in [-0.3, -0.25) is 0 Å². The first-order chi connectivity index (χ1) is 9.99. The van der Waals surface area contributed by atoms with E-state index in [1.165, 1.54) is 12.1 Å². The molecule has 0 aliphatic carbocycles. The summed E-state index contributed by atoms with van der Waals surface area (Å²) in [7, 11) is 4.02. The summed E-state index contributed by atoms with van der Waals surface area (Å²) >= 11 is 0. The highest BCUT2D eigenvalue weighted by Crippen LogP contribution is 2.18.